The molecule has 0 spiro atoms. The van der Waals surface area contributed by atoms with Crippen LogP contribution in [0.15, 0.2) is 12.2 Å². The highest BCUT2D eigenvalue weighted by Crippen LogP contribution is 2.08. The van der Waals surface area contributed by atoms with E-state index in [1.165, 1.54) is 0 Å². The lowest BCUT2D eigenvalue weighted by Crippen LogP contribution is -2.53. The van der Waals surface area contributed by atoms with E-state index in [0.717, 1.165) is 12.2 Å². The second-order valence-electron chi connectivity index (χ2n) is 16.2. The lowest BCUT2D eigenvalue weighted by atomic mass is 10.0. The zero-order valence-electron chi connectivity index (χ0n) is 40.1. The van der Waals surface area contributed by atoms with Crippen molar-refractivity contribution in [1.82, 2.24) is 52.8 Å². The Morgan fingerprint density at radius 2 is 0.880 bits per heavy atom. The van der Waals surface area contributed by atoms with Gasteiger partial charge >= 0.3 is 5.97 Å². The van der Waals surface area contributed by atoms with Crippen LogP contribution in [0.4, 0.5) is 0 Å². The molecule has 34 nitrogen and oxygen atoms in total. The van der Waals surface area contributed by atoms with Gasteiger partial charge < -0.3 is 109 Å². The summed E-state index contributed by atoms with van der Waals surface area (Å²) in [5, 5.41) is 126. The van der Waals surface area contributed by atoms with E-state index in [0.29, 0.717) is 4.90 Å². The minimum Gasteiger partial charge on any atom is -0.481 e. The molecule has 1 rings (SSSR count). The summed E-state index contributed by atoms with van der Waals surface area (Å²) in [4.78, 5) is 147. The van der Waals surface area contributed by atoms with E-state index in [4.69, 9.17) is 20.1 Å². The van der Waals surface area contributed by atoms with Gasteiger partial charge in [-0.2, -0.15) is 0 Å². The third-order valence-electron chi connectivity index (χ3n) is 10.3. The molecule has 0 radical (unpaired) electrons. The van der Waals surface area contributed by atoms with Crippen LogP contribution in [0.3, 0.4) is 0 Å². The summed E-state index contributed by atoms with van der Waals surface area (Å²) < 4.78 is 5.29. The molecule has 0 aliphatic carbocycles. The van der Waals surface area contributed by atoms with Crippen LogP contribution in [-0.4, -0.2) is 272 Å². The van der Waals surface area contributed by atoms with Crippen LogP contribution in [0.5, 0.6) is 0 Å². The van der Waals surface area contributed by atoms with Gasteiger partial charge in [0.05, 0.1) is 64.8 Å². The number of amides is 11. The molecule has 0 fully saturated rings. The van der Waals surface area contributed by atoms with Gasteiger partial charge in [0, 0.05) is 51.0 Å². The minimum atomic E-state index is -2.05. The molecular weight excluding hydrogens is 1020 g/mol. The number of nitrogens with one attached hydrogen (secondary N) is 9. The van der Waals surface area contributed by atoms with Crippen molar-refractivity contribution in [3.63, 3.8) is 0 Å². The van der Waals surface area contributed by atoms with Crippen LogP contribution < -0.4 is 47.9 Å². The molecule has 20 N–H and O–H groups in total. The largest absolute Gasteiger partial charge is 0.481 e. The summed E-state index contributed by atoms with van der Waals surface area (Å²) in [5.74, 6) is -10.8. The fraction of sp³-hybridized carbons (Fsp3) is 0.659. The molecule has 1 aliphatic rings. The van der Waals surface area contributed by atoms with E-state index in [1.54, 1.807) is 0 Å². The first-order chi connectivity index (χ1) is 35.3. The molecule has 10 atom stereocenters. The van der Waals surface area contributed by atoms with Crippen molar-refractivity contribution in [2.45, 2.75) is 93.0 Å². The Morgan fingerprint density at radius 1 is 0.467 bits per heavy atom. The highest BCUT2D eigenvalue weighted by Gasteiger charge is 2.33. The summed E-state index contributed by atoms with van der Waals surface area (Å²) in [6.07, 6.45) is -15.9. The van der Waals surface area contributed by atoms with Crippen LogP contribution in [0.2, 0.25) is 0 Å². The molecule has 424 valence electrons. The number of hydrogen-bond donors (Lipinski definition) is 20. The number of imide groups is 1. The SMILES string of the molecule is O=C(O)CC[C@H](NC(=O)CN1C(=O)C=CC1=O)C(=O)NCC(=O)NCC(=O)NCC(=O)NCC(=O)NCCOCCC(=O)N[C@@H](CCC(=O)NC[C@H](O)[C@@H](O)[C@H](O)[C@H](O)CO)C(=O)NC[C@H](O)[C@@H](O)[C@H](O)[C@H](O)CO. The monoisotopic (exact) mass is 1080 g/mol. The van der Waals surface area contributed by atoms with Gasteiger partial charge in [0.2, 0.25) is 53.2 Å². The van der Waals surface area contributed by atoms with Crippen LogP contribution in [0, 0.1) is 0 Å². The summed E-state index contributed by atoms with van der Waals surface area (Å²) >= 11 is 0. The number of carbonyl (C=O) groups is 12. The quantitative estimate of drug-likeness (QED) is 0.0202. The molecule has 0 aromatic heterocycles. The van der Waals surface area contributed by atoms with Crippen molar-refractivity contribution in [2.75, 3.05) is 78.8 Å². The van der Waals surface area contributed by atoms with Crippen molar-refractivity contribution in [3.05, 3.63) is 12.2 Å². The van der Waals surface area contributed by atoms with Crippen molar-refractivity contribution in [2.24, 2.45) is 0 Å². The molecule has 0 aromatic carbocycles. The Kier molecular flexibility index (Phi) is 31.2. The topological polar surface area (TPSA) is 548 Å². The molecule has 0 saturated carbocycles. The normalized spacial score (nSPS) is 16.1. The number of carboxylic acid groups (broad SMARTS) is 1. The van der Waals surface area contributed by atoms with Gasteiger partial charge in [-0.15, -0.1) is 0 Å². The van der Waals surface area contributed by atoms with Gasteiger partial charge in [0.1, 0.15) is 55.3 Å². The summed E-state index contributed by atoms with van der Waals surface area (Å²) in [7, 11) is 0. The number of carboxylic acids is 1. The standard InChI is InChI=1S/C41H66N10O24/c52-18-24(56)38(71)36(69)22(54)11-43-26(58)3-1-20(40(73)47-12-23(55)37(70)39(72)25(57)19-53)49-27(59)7-9-75-10-8-42-28(60)13-44-29(61)14-45-30(62)15-46-31(63)16-48-41(74)21(2-6-35(67)68)50-32(64)17-51-33(65)4-5-34(51)66/h4-5,20-25,36-39,52-57,69-72H,1-3,6-19H2,(H,42,60)(H,43,58)(H,44,61)(H,45,62)(H,46,63)(H,47,73)(H,48,74)(H,49,59)(H,50,64)(H,67,68)/t20-,21-,22-,23-,24+,25+,36+,37+,38+,39+/m0/s1. The minimum absolute atomic E-state index is 0.128. The van der Waals surface area contributed by atoms with E-state index in [2.05, 4.69) is 47.9 Å². The van der Waals surface area contributed by atoms with Gasteiger partial charge in [0.15, 0.2) is 0 Å². The Bertz CT molecular complexity index is 1980. The van der Waals surface area contributed by atoms with Crippen LogP contribution in [0.25, 0.3) is 0 Å². The second-order valence-corrected chi connectivity index (χ2v) is 16.2. The Balaban J connectivity index is 2.50. The number of aliphatic hydroxyl groups is 10. The van der Waals surface area contributed by atoms with Gasteiger partial charge in [-0.3, -0.25) is 62.4 Å². The third kappa shape index (κ3) is 26.8. The van der Waals surface area contributed by atoms with Gasteiger partial charge in [-0.1, -0.05) is 0 Å². The Morgan fingerprint density at radius 3 is 1.36 bits per heavy atom. The maximum absolute atomic E-state index is 13.0. The van der Waals surface area contributed by atoms with Crippen LogP contribution in [0.1, 0.15) is 32.1 Å². The van der Waals surface area contributed by atoms with Crippen molar-refractivity contribution in [1.29, 1.82) is 0 Å². The maximum Gasteiger partial charge on any atom is 0.303 e. The lowest BCUT2D eigenvalue weighted by molar-refractivity contribution is -0.141. The van der Waals surface area contributed by atoms with E-state index >= 15 is 0 Å². The Hall–Kier alpha value is -6.86. The highest BCUT2D eigenvalue weighted by molar-refractivity contribution is 6.14. The number of ether oxygens (including phenoxy) is 1. The third-order valence-corrected chi connectivity index (χ3v) is 10.3. The van der Waals surface area contributed by atoms with Crippen LogP contribution in [-0.2, 0) is 62.3 Å². The molecule has 0 aromatic rings. The lowest BCUT2D eigenvalue weighted by Gasteiger charge is -2.26. The van der Waals surface area contributed by atoms with E-state index in [1.807, 2.05) is 0 Å². The molecule has 0 bridgehead atoms. The highest BCUT2D eigenvalue weighted by atomic mass is 16.5. The van der Waals surface area contributed by atoms with E-state index in [-0.39, 0.29) is 19.8 Å². The summed E-state index contributed by atoms with van der Waals surface area (Å²) in [6.45, 7) is -7.29. The van der Waals surface area contributed by atoms with Crippen molar-refractivity contribution >= 4 is 70.9 Å². The predicted octanol–water partition coefficient (Wildman–Crippen LogP) is -13.4. The van der Waals surface area contributed by atoms with Crippen molar-refractivity contribution in [3.8, 4) is 0 Å². The molecule has 75 heavy (non-hydrogen) atoms. The first-order valence-corrected chi connectivity index (χ1v) is 22.8. The Labute approximate surface area is 425 Å². The number of nitrogens with zero attached hydrogens (tertiary/aromatic N) is 1. The smallest absolute Gasteiger partial charge is 0.303 e. The zero-order chi connectivity index (χ0) is 56.8. The second kappa shape index (κ2) is 35.4. The molecule has 1 heterocycles. The van der Waals surface area contributed by atoms with Gasteiger partial charge in [-0.25, -0.2) is 0 Å². The molecule has 1 aliphatic heterocycles. The number of aliphatic carboxylic acids is 1. The molecule has 11 amide bonds. The first-order valence-electron chi connectivity index (χ1n) is 22.8. The average Bonchev–Trinajstić information content (AvgIpc) is 3.70. The zero-order valence-corrected chi connectivity index (χ0v) is 40.1. The van der Waals surface area contributed by atoms with E-state index < -0.39 is 223 Å². The number of hydrogen-bond acceptors (Lipinski definition) is 23. The summed E-state index contributed by atoms with van der Waals surface area (Å²) in [6, 6.07) is -2.99. The van der Waals surface area contributed by atoms with E-state index in [9.17, 15) is 98.4 Å². The number of rotatable bonds is 38. The fourth-order valence-electron chi connectivity index (χ4n) is 5.93. The first kappa shape index (κ1) is 66.2. The van der Waals surface area contributed by atoms with Crippen molar-refractivity contribution < 1.29 is 118 Å². The van der Waals surface area contributed by atoms with Gasteiger partial charge in [0.25, 0.3) is 11.8 Å². The summed E-state index contributed by atoms with van der Waals surface area (Å²) in [5.41, 5.74) is 0. The number of carbonyl (C=O) groups excluding carboxylic acids is 11. The average molecular weight is 1080 g/mol. The maximum atomic E-state index is 13.0. The fourth-order valence-corrected chi connectivity index (χ4v) is 5.93. The molecule has 34 heteroatoms. The molecule has 0 saturated heterocycles. The molecule has 0 unspecified atom stereocenters. The van der Waals surface area contributed by atoms with Gasteiger partial charge in [-0.05, 0) is 12.8 Å². The van der Waals surface area contributed by atoms with Crippen LogP contribution >= 0.6 is 0 Å². The predicted molar refractivity (Wildman–Crippen MR) is 245 cm³/mol. The molecular formula is C41H66N10O24. The number of aliphatic hydroxyl groups excluding tert-OH is 10.